The van der Waals surface area contributed by atoms with E-state index in [0.29, 0.717) is 0 Å². The predicted molar refractivity (Wildman–Crippen MR) is 63.1 cm³/mol. The van der Waals surface area contributed by atoms with E-state index in [0.717, 1.165) is 6.04 Å². The Morgan fingerprint density at radius 2 is 1.79 bits per heavy atom. The summed E-state index contributed by atoms with van der Waals surface area (Å²) < 4.78 is 5.14. The van der Waals surface area contributed by atoms with Crippen molar-refractivity contribution in [3.8, 4) is 0 Å². The summed E-state index contributed by atoms with van der Waals surface area (Å²) in [6.07, 6.45) is 3.48. The van der Waals surface area contributed by atoms with Gasteiger partial charge in [0.25, 0.3) is 0 Å². The van der Waals surface area contributed by atoms with Gasteiger partial charge in [-0.15, -0.1) is 0 Å². The van der Waals surface area contributed by atoms with Gasteiger partial charge in [-0.1, -0.05) is 25.7 Å². The molecule has 0 aliphatic rings. The number of esters is 1. The minimum atomic E-state index is -1.08. The highest BCUT2D eigenvalue weighted by Crippen LogP contribution is 2.10. The zero-order chi connectivity index (χ0) is 11.4. The minimum Gasteiger partial charge on any atom is -0.457 e. The summed E-state index contributed by atoms with van der Waals surface area (Å²) in [5.41, 5.74) is -0.388. The number of hydrogen-bond acceptors (Lipinski definition) is 2. The Morgan fingerprint density at radius 1 is 1.29 bits per heavy atom. The summed E-state index contributed by atoms with van der Waals surface area (Å²) in [6, 6.07) is 1.02. The highest BCUT2D eigenvalue weighted by Gasteiger charge is 2.14. The fourth-order valence-corrected chi connectivity index (χ4v) is 1.67. The highest BCUT2D eigenvalue weighted by atomic mass is 28.3. The van der Waals surface area contributed by atoms with Crippen LogP contribution in [0.2, 0.25) is 25.7 Å². The molecule has 0 radical (unpaired) electrons. The van der Waals surface area contributed by atoms with Gasteiger partial charge in [-0.3, -0.25) is 0 Å². The van der Waals surface area contributed by atoms with Crippen molar-refractivity contribution in [1.29, 1.82) is 0 Å². The lowest BCUT2D eigenvalue weighted by molar-refractivity contribution is -0.148. The molecule has 0 atom stereocenters. The van der Waals surface area contributed by atoms with Gasteiger partial charge in [0.1, 0.15) is 5.60 Å². The van der Waals surface area contributed by atoms with Crippen LogP contribution in [0.15, 0.2) is 12.2 Å². The Labute approximate surface area is 88.4 Å². The van der Waals surface area contributed by atoms with E-state index in [2.05, 4.69) is 19.6 Å². The number of hydrogen-bond donors (Lipinski definition) is 0. The molecule has 0 bridgehead atoms. The Balaban J connectivity index is 3.96. The number of carbonyl (C=O) groups is 1. The molecular formula is C11H22O2Si. The highest BCUT2D eigenvalue weighted by molar-refractivity contribution is 6.76. The van der Waals surface area contributed by atoms with Crippen molar-refractivity contribution in [1.82, 2.24) is 0 Å². The maximum absolute atomic E-state index is 11.3. The summed E-state index contributed by atoms with van der Waals surface area (Å²) in [5, 5.41) is 0. The third kappa shape index (κ3) is 9.51. The maximum atomic E-state index is 11.3. The smallest absolute Gasteiger partial charge is 0.330 e. The van der Waals surface area contributed by atoms with E-state index in [9.17, 15) is 4.79 Å². The number of rotatable bonds is 3. The van der Waals surface area contributed by atoms with Crippen LogP contribution in [-0.4, -0.2) is 19.6 Å². The SMILES string of the molecule is CC(C)(C)OC(=O)C=CC[Si](C)(C)C. The molecule has 0 aliphatic carbocycles. The third-order valence-electron chi connectivity index (χ3n) is 1.39. The zero-order valence-electron chi connectivity index (χ0n) is 10.2. The van der Waals surface area contributed by atoms with E-state index in [-0.39, 0.29) is 11.6 Å². The van der Waals surface area contributed by atoms with Crippen LogP contribution < -0.4 is 0 Å². The molecule has 0 N–H and O–H groups in total. The molecule has 0 aromatic carbocycles. The van der Waals surface area contributed by atoms with Gasteiger partial charge < -0.3 is 4.74 Å². The molecule has 0 aromatic heterocycles. The van der Waals surface area contributed by atoms with Crippen LogP contribution in [0.25, 0.3) is 0 Å². The lowest BCUT2D eigenvalue weighted by Crippen LogP contribution is -2.23. The third-order valence-corrected chi connectivity index (χ3v) is 2.85. The van der Waals surface area contributed by atoms with Crippen molar-refractivity contribution >= 4 is 14.0 Å². The maximum Gasteiger partial charge on any atom is 0.330 e. The summed E-state index contributed by atoms with van der Waals surface area (Å²) in [7, 11) is -1.08. The average Bonchev–Trinajstić information content (AvgIpc) is 1.78. The van der Waals surface area contributed by atoms with Gasteiger partial charge in [0, 0.05) is 14.1 Å². The van der Waals surface area contributed by atoms with Gasteiger partial charge >= 0.3 is 5.97 Å². The zero-order valence-corrected chi connectivity index (χ0v) is 11.2. The molecule has 14 heavy (non-hydrogen) atoms. The Morgan fingerprint density at radius 3 is 2.14 bits per heavy atom. The number of allylic oxidation sites excluding steroid dienone is 1. The molecule has 2 nitrogen and oxygen atoms in total. The molecule has 0 spiro atoms. The standard InChI is InChI=1S/C11H22O2Si/c1-11(2,3)13-10(12)8-7-9-14(4,5)6/h7-8H,9H2,1-6H3. The minimum absolute atomic E-state index is 0.240. The first-order chi connectivity index (χ1) is 6.10. The van der Waals surface area contributed by atoms with E-state index < -0.39 is 8.07 Å². The van der Waals surface area contributed by atoms with Crippen molar-refractivity contribution in [2.24, 2.45) is 0 Å². The number of carbonyl (C=O) groups excluding carboxylic acids is 1. The van der Waals surface area contributed by atoms with Gasteiger partial charge in [0.05, 0.1) is 0 Å². The molecule has 0 unspecified atom stereocenters. The molecule has 0 amide bonds. The lowest BCUT2D eigenvalue weighted by atomic mass is 10.2. The second-order valence-corrected chi connectivity index (χ2v) is 11.2. The van der Waals surface area contributed by atoms with Crippen LogP contribution in [0.5, 0.6) is 0 Å². The monoisotopic (exact) mass is 214 g/mol. The van der Waals surface area contributed by atoms with Crippen molar-refractivity contribution in [3.63, 3.8) is 0 Å². The van der Waals surface area contributed by atoms with E-state index >= 15 is 0 Å². The van der Waals surface area contributed by atoms with E-state index in [1.54, 1.807) is 6.08 Å². The fraction of sp³-hybridized carbons (Fsp3) is 0.727. The molecular weight excluding hydrogens is 192 g/mol. The average molecular weight is 214 g/mol. The summed E-state index contributed by atoms with van der Waals surface area (Å²) in [5.74, 6) is -0.240. The Hall–Kier alpha value is -0.573. The van der Waals surface area contributed by atoms with Crippen LogP contribution in [0.1, 0.15) is 20.8 Å². The van der Waals surface area contributed by atoms with E-state index in [1.165, 1.54) is 0 Å². The first-order valence-corrected chi connectivity index (χ1v) is 8.70. The van der Waals surface area contributed by atoms with Crippen molar-refractivity contribution in [2.45, 2.75) is 52.1 Å². The molecule has 82 valence electrons. The van der Waals surface area contributed by atoms with Crippen molar-refractivity contribution in [3.05, 3.63) is 12.2 Å². The first-order valence-electron chi connectivity index (χ1n) is 5.00. The number of ether oxygens (including phenoxy) is 1. The molecule has 0 heterocycles. The second-order valence-electron chi connectivity index (χ2n) is 5.70. The largest absolute Gasteiger partial charge is 0.457 e. The topological polar surface area (TPSA) is 26.3 Å². The molecule has 0 saturated heterocycles. The van der Waals surface area contributed by atoms with Gasteiger partial charge in [0.15, 0.2) is 0 Å². The molecule has 3 heteroatoms. The molecule has 0 rings (SSSR count). The second kappa shape index (κ2) is 4.78. The van der Waals surface area contributed by atoms with Crippen LogP contribution in [-0.2, 0) is 9.53 Å². The van der Waals surface area contributed by atoms with Crippen LogP contribution in [0.4, 0.5) is 0 Å². The fourth-order valence-electron chi connectivity index (χ4n) is 0.845. The van der Waals surface area contributed by atoms with Crippen molar-refractivity contribution in [2.75, 3.05) is 0 Å². The predicted octanol–water partition coefficient (Wildman–Crippen LogP) is 3.22. The van der Waals surface area contributed by atoms with Crippen LogP contribution >= 0.6 is 0 Å². The van der Waals surface area contributed by atoms with Crippen molar-refractivity contribution < 1.29 is 9.53 Å². The summed E-state index contributed by atoms with van der Waals surface area (Å²) in [6.45, 7) is 12.4. The van der Waals surface area contributed by atoms with Gasteiger partial charge in [-0.25, -0.2) is 4.79 Å². The quantitative estimate of drug-likeness (QED) is 0.409. The first kappa shape index (κ1) is 13.4. The van der Waals surface area contributed by atoms with E-state index in [4.69, 9.17) is 4.74 Å². The Kier molecular flexibility index (Phi) is 4.58. The van der Waals surface area contributed by atoms with Gasteiger partial charge in [0.2, 0.25) is 0 Å². The van der Waals surface area contributed by atoms with Crippen LogP contribution in [0.3, 0.4) is 0 Å². The van der Waals surface area contributed by atoms with E-state index in [1.807, 2.05) is 26.8 Å². The molecule has 0 aliphatic heterocycles. The van der Waals surface area contributed by atoms with Gasteiger partial charge in [-0.2, -0.15) is 0 Å². The normalized spacial score (nSPS) is 13.3. The van der Waals surface area contributed by atoms with Gasteiger partial charge in [-0.05, 0) is 26.8 Å². The summed E-state index contributed by atoms with van der Waals surface area (Å²) >= 11 is 0. The molecule has 0 fully saturated rings. The summed E-state index contributed by atoms with van der Waals surface area (Å²) in [4.78, 5) is 11.3. The molecule has 0 aromatic rings. The van der Waals surface area contributed by atoms with Crippen LogP contribution in [0, 0.1) is 0 Å². The molecule has 0 saturated carbocycles. The lowest BCUT2D eigenvalue weighted by Gasteiger charge is -2.18. The Bertz CT molecular complexity index is 218.